The minimum atomic E-state index is -0.572. The summed E-state index contributed by atoms with van der Waals surface area (Å²) in [7, 11) is 0. The summed E-state index contributed by atoms with van der Waals surface area (Å²) in [6, 6.07) is 4.80. The SMILES string of the molecule is NC(=O)c1cc(Cl)ccc1OCc1nnc2n1CCCCC2. The summed E-state index contributed by atoms with van der Waals surface area (Å²) >= 11 is 5.88. The summed E-state index contributed by atoms with van der Waals surface area (Å²) in [5.74, 6) is 1.60. The number of nitrogens with zero attached hydrogens (tertiary/aromatic N) is 3. The van der Waals surface area contributed by atoms with Crippen molar-refractivity contribution in [1.82, 2.24) is 14.8 Å². The van der Waals surface area contributed by atoms with Crippen LogP contribution in [-0.2, 0) is 19.6 Å². The van der Waals surface area contributed by atoms with Gasteiger partial charge in [0, 0.05) is 18.0 Å². The van der Waals surface area contributed by atoms with Gasteiger partial charge in [0.25, 0.3) is 5.91 Å². The van der Waals surface area contributed by atoms with Crippen molar-refractivity contribution in [2.24, 2.45) is 5.73 Å². The van der Waals surface area contributed by atoms with Crippen molar-refractivity contribution in [2.45, 2.75) is 38.8 Å². The molecule has 0 radical (unpaired) electrons. The molecule has 1 amide bonds. The summed E-state index contributed by atoms with van der Waals surface area (Å²) in [5.41, 5.74) is 5.62. The van der Waals surface area contributed by atoms with Crippen molar-refractivity contribution in [1.29, 1.82) is 0 Å². The van der Waals surface area contributed by atoms with Crippen molar-refractivity contribution in [3.8, 4) is 5.75 Å². The zero-order valence-corrected chi connectivity index (χ0v) is 12.8. The van der Waals surface area contributed by atoms with E-state index in [9.17, 15) is 4.79 Å². The summed E-state index contributed by atoms with van der Waals surface area (Å²) in [6.07, 6.45) is 4.40. The number of hydrogen-bond donors (Lipinski definition) is 1. The van der Waals surface area contributed by atoms with E-state index in [0.29, 0.717) is 10.8 Å². The van der Waals surface area contributed by atoms with Gasteiger partial charge in [-0.15, -0.1) is 10.2 Å². The maximum atomic E-state index is 11.5. The highest BCUT2D eigenvalue weighted by Crippen LogP contribution is 2.24. The first-order chi connectivity index (χ1) is 10.6. The van der Waals surface area contributed by atoms with Crippen LogP contribution in [0.1, 0.15) is 41.3 Å². The number of halogens is 1. The van der Waals surface area contributed by atoms with Crippen LogP contribution in [0.3, 0.4) is 0 Å². The third-order valence-electron chi connectivity index (χ3n) is 3.75. The highest BCUT2D eigenvalue weighted by molar-refractivity contribution is 6.31. The van der Waals surface area contributed by atoms with E-state index >= 15 is 0 Å². The van der Waals surface area contributed by atoms with Crippen LogP contribution in [0.4, 0.5) is 0 Å². The van der Waals surface area contributed by atoms with E-state index in [2.05, 4.69) is 14.8 Å². The van der Waals surface area contributed by atoms with Gasteiger partial charge in [-0.2, -0.15) is 0 Å². The minimum absolute atomic E-state index is 0.245. The van der Waals surface area contributed by atoms with E-state index in [-0.39, 0.29) is 12.2 Å². The molecule has 0 unspecified atom stereocenters. The molecule has 6 nitrogen and oxygen atoms in total. The molecule has 1 aliphatic heterocycles. The second kappa shape index (κ2) is 6.36. The maximum absolute atomic E-state index is 11.5. The van der Waals surface area contributed by atoms with Gasteiger partial charge in [-0.1, -0.05) is 18.0 Å². The van der Waals surface area contributed by atoms with Crippen LogP contribution in [-0.4, -0.2) is 20.7 Å². The molecule has 0 aliphatic carbocycles. The van der Waals surface area contributed by atoms with Crippen molar-refractivity contribution in [3.63, 3.8) is 0 Å². The Balaban J connectivity index is 1.79. The molecule has 0 saturated carbocycles. The van der Waals surface area contributed by atoms with E-state index < -0.39 is 5.91 Å². The van der Waals surface area contributed by atoms with E-state index in [4.69, 9.17) is 22.1 Å². The van der Waals surface area contributed by atoms with Crippen LogP contribution >= 0.6 is 11.6 Å². The lowest BCUT2D eigenvalue weighted by atomic mass is 10.2. The molecule has 3 rings (SSSR count). The summed E-state index contributed by atoms with van der Waals surface area (Å²) < 4.78 is 7.83. The van der Waals surface area contributed by atoms with Gasteiger partial charge >= 0.3 is 0 Å². The molecule has 0 atom stereocenters. The topological polar surface area (TPSA) is 83.0 Å². The second-order valence-corrected chi connectivity index (χ2v) is 5.72. The molecular formula is C15H17ClN4O2. The van der Waals surface area contributed by atoms with Gasteiger partial charge in [0.15, 0.2) is 5.82 Å². The molecule has 1 aromatic carbocycles. The fourth-order valence-electron chi connectivity index (χ4n) is 2.61. The first kappa shape index (κ1) is 14.8. The highest BCUT2D eigenvalue weighted by Gasteiger charge is 2.16. The number of nitrogens with two attached hydrogens (primary N) is 1. The van der Waals surface area contributed by atoms with E-state index in [1.165, 1.54) is 12.5 Å². The molecule has 2 aromatic rings. The van der Waals surface area contributed by atoms with E-state index in [1.54, 1.807) is 12.1 Å². The van der Waals surface area contributed by atoms with Crippen LogP contribution in [0.5, 0.6) is 5.75 Å². The number of benzene rings is 1. The Bertz CT molecular complexity index is 699. The summed E-state index contributed by atoms with van der Waals surface area (Å²) in [6.45, 7) is 1.15. The molecule has 22 heavy (non-hydrogen) atoms. The standard InChI is InChI=1S/C15H17ClN4O2/c16-10-5-6-12(11(8-10)15(17)21)22-9-14-19-18-13-4-2-1-3-7-20(13)14/h5-6,8H,1-4,7,9H2,(H2,17,21). The first-order valence-electron chi connectivity index (χ1n) is 7.28. The number of amides is 1. The van der Waals surface area contributed by atoms with Crippen LogP contribution in [0, 0.1) is 0 Å². The zero-order valence-electron chi connectivity index (χ0n) is 12.1. The Morgan fingerprint density at radius 1 is 1.32 bits per heavy atom. The largest absolute Gasteiger partial charge is 0.485 e. The Morgan fingerprint density at radius 3 is 3.00 bits per heavy atom. The van der Waals surface area contributed by atoms with E-state index in [1.807, 2.05) is 0 Å². The molecule has 2 N–H and O–H groups in total. The highest BCUT2D eigenvalue weighted by atomic mass is 35.5. The third-order valence-corrected chi connectivity index (χ3v) is 3.99. The lowest BCUT2D eigenvalue weighted by molar-refractivity contribution is 0.0995. The number of fused-ring (bicyclic) bond motifs is 1. The predicted octanol–water partition coefficient (Wildman–Crippen LogP) is 2.34. The number of primary amides is 1. The molecule has 1 aromatic heterocycles. The van der Waals surface area contributed by atoms with Crippen molar-refractivity contribution in [2.75, 3.05) is 0 Å². The first-order valence-corrected chi connectivity index (χ1v) is 7.66. The minimum Gasteiger partial charge on any atom is -0.485 e. The number of aryl methyl sites for hydroxylation is 1. The average Bonchev–Trinajstić information content (AvgIpc) is 2.73. The smallest absolute Gasteiger partial charge is 0.252 e. The van der Waals surface area contributed by atoms with Crippen molar-refractivity contribution < 1.29 is 9.53 Å². The van der Waals surface area contributed by atoms with Crippen LogP contribution < -0.4 is 10.5 Å². The summed E-state index contributed by atoms with van der Waals surface area (Å²) in [5, 5.41) is 8.86. The van der Waals surface area contributed by atoms with Crippen LogP contribution in [0.25, 0.3) is 0 Å². The maximum Gasteiger partial charge on any atom is 0.252 e. The molecular weight excluding hydrogens is 304 g/mol. The van der Waals surface area contributed by atoms with Crippen LogP contribution in [0.2, 0.25) is 5.02 Å². The molecule has 0 bridgehead atoms. The Morgan fingerprint density at radius 2 is 2.18 bits per heavy atom. The van der Waals surface area contributed by atoms with Gasteiger partial charge in [-0.3, -0.25) is 4.79 Å². The Hall–Kier alpha value is -2.08. The number of aromatic nitrogens is 3. The fourth-order valence-corrected chi connectivity index (χ4v) is 2.79. The van der Waals surface area contributed by atoms with Crippen molar-refractivity contribution in [3.05, 3.63) is 40.4 Å². The quantitative estimate of drug-likeness (QED) is 0.937. The fraction of sp³-hybridized carbons (Fsp3) is 0.400. The zero-order chi connectivity index (χ0) is 15.5. The second-order valence-electron chi connectivity index (χ2n) is 5.29. The monoisotopic (exact) mass is 320 g/mol. The lowest BCUT2D eigenvalue weighted by Crippen LogP contribution is -2.14. The third kappa shape index (κ3) is 3.06. The molecule has 116 valence electrons. The number of carbonyl (C=O) groups is 1. The average molecular weight is 321 g/mol. The molecule has 0 spiro atoms. The molecule has 2 heterocycles. The Kier molecular flexibility index (Phi) is 4.29. The Labute approximate surface area is 133 Å². The number of rotatable bonds is 4. The molecule has 0 fully saturated rings. The molecule has 1 aliphatic rings. The number of carbonyl (C=O) groups excluding carboxylic acids is 1. The van der Waals surface area contributed by atoms with Gasteiger partial charge in [0.05, 0.1) is 5.56 Å². The van der Waals surface area contributed by atoms with Gasteiger partial charge in [0.2, 0.25) is 0 Å². The van der Waals surface area contributed by atoms with Crippen molar-refractivity contribution >= 4 is 17.5 Å². The van der Waals surface area contributed by atoms with Gasteiger partial charge in [-0.05, 0) is 31.0 Å². The van der Waals surface area contributed by atoms with Gasteiger partial charge < -0.3 is 15.0 Å². The van der Waals surface area contributed by atoms with Gasteiger partial charge in [0.1, 0.15) is 18.2 Å². The van der Waals surface area contributed by atoms with Gasteiger partial charge in [-0.25, -0.2) is 0 Å². The molecule has 0 saturated heterocycles. The van der Waals surface area contributed by atoms with E-state index in [0.717, 1.165) is 37.5 Å². The molecule has 7 heteroatoms. The number of ether oxygens (including phenoxy) is 1. The number of hydrogen-bond acceptors (Lipinski definition) is 4. The lowest BCUT2D eigenvalue weighted by Gasteiger charge is -2.11. The normalized spacial score (nSPS) is 14.2. The van der Waals surface area contributed by atoms with Crippen LogP contribution in [0.15, 0.2) is 18.2 Å². The predicted molar refractivity (Wildman–Crippen MR) is 81.9 cm³/mol. The summed E-state index contributed by atoms with van der Waals surface area (Å²) in [4.78, 5) is 11.5.